The summed E-state index contributed by atoms with van der Waals surface area (Å²) < 4.78 is 5.61. The molecule has 2 amide bonds. The fraction of sp³-hybridized carbons (Fsp3) is 0.500. The van der Waals surface area contributed by atoms with Crippen molar-refractivity contribution in [2.24, 2.45) is 5.92 Å². The minimum Gasteiger partial charge on any atom is -0.407 e. The number of anilines is 2. The molecule has 1 atom stereocenters. The molecule has 0 radical (unpaired) electrons. The summed E-state index contributed by atoms with van der Waals surface area (Å²) in [6.07, 6.45) is 6.64. The van der Waals surface area contributed by atoms with E-state index in [-0.39, 0.29) is 23.7 Å². The number of nitrogens with zero attached hydrogens (tertiary/aromatic N) is 3. The summed E-state index contributed by atoms with van der Waals surface area (Å²) in [4.78, 5) is 26.2. The highest BCUT2D eigenvalue weighted by Gasteiger charge is 2.35. The van der Waals surface area contributed by atoms with Crippen LogP contribution in [0.3, 0.4) is 0 Å². The zero-order valence-electron chi connectivity index (χ0n) is 15.6. The number of rotatable bonds is 6. The number of aromatic nitrogens is 2. The first kappa shape index (κ1) is 18.9. The van der Waals surface area contributed by atoms with Gasteiger partial charge < -0.3 is 9.32 Å². The van der Waals surface area contributed by atoms with Gasteiger partial charge in [-0.1, -0.05) is 42.4 Å². The second kappa shape index (κ2) is 8.31. The molecule has 2 fully saturated rings. The van der Waals surface area contributed by atoms with E-state index in [1.807, 2.05) is 12.1 Å². The van der Waals surface area contributed by atoms with Crippen LogP contribution in [0.5, 0.6) is 0 Å². The Labute approximate surface area is 168 Å². The predicted octanol–water partition coefficient (Wildman–Crippen LogP) is 4.15. The van der Waals surface area contributed by atoms with Gasteiger partial charge >= 0.3 is 6.01 Å². The molecule has 2 aliphatic rings. The van der Waals surface area contributed by atoms with Crippen molar-refractivity contribution >= 4 is 35.1 Å². The number of hydrogen-bond acceptors (Lipinski definition) is 5. The number of carbonyl (C=O) groups excluding carboxylic acids is 2. The zero-order chi connectivity index (χ0) is 19.5. The Morgan fingerprint density at radius 1 is 1.21 bits per heavy atom. The van der Waals surface area contributed by atoms with Gasteiger partial charge in [0.1, 0.15) is 0 Å². The lowest BCUT2D eigenvalue weighted by atomic mass is 10.0. The van der Waals surface area contributed by atoms with E-state index >= 15 is 0 Å². The van der Waals surface area contributed by atoms with Crippen molar-refractivity contribution in [2.75, 3.05) is 16.8 Å². The molecule has 1 saturated heterocycles. The largest absolute Gasteiger partial charge is 0.407 e. The Balaban J connectivity index is 1.33. The van der Waals surface area contributed by atoms with Gasteiger partial charge in [0.15, 0.2) is 0 Å². The lowest BCUT2D eigenvalue weighted by molar-refractivity contribution is -0.117. The lowest BCUT2D eigenvalue weighted by Gasteiger charge is -2.16. The van der Waals surface area contributed by atoms with Crippen LogP contribution < -0.4 is 10.2 Å². The van der Waals surface area contributed by atoms with Crippen molar-refractivity contribution in [3.05, 3.63) is 35.2 Å². The molecule has 4 rings (SSSR count). The molecular weight excluding hydrogens is 380 g/mol. The molecule has 8 heteroatoms. The first-order valence-electron chi connectivity index (χ1n) is 9.77. The average Bonchev–Trinajstić information content (AvgIpc) is 3.42. The molecule has 7 nitrogen and oxygen atoms in total. The minimum atomic E-state index is -0.195. The van der Waals surface area contributed by atoms with Gasteiger partial charge in [0.2, 0.25) is 17.7 Å². The molecule has 1 saturated carbocycles. The maximum atomic E-state index is 12.4. The van der Waals surface area contributed by atoms with Crippen LogP contribution in [0.2, 0.25) is 5.02 Å². The summed E-state index contributed by atoms with van der Waals surface area (Å²) in [5.74, 6) is 0.725. The fourth-order valence-corrected chi connectivity index (χ4v) is 4.14. The molecule has 1 aromatic heterocycles. The topological polar surface area (TPSA) is 88.3 Å². The molecule has 1 aliphatic carbocycles. The maximum Gasteiger partial charge on any atom is 0.322 e. The molecular formula is C20H23ClN4O3. The highest BCUT2D eigenvalue weighted by molar-refractivity contribution is 6.30. The van der Waals surface area contributed by atoms with E-state index in [2.05, 4.69) is 15.5 Å². The van der Waals surface area contributed by atoms with Gasteiger partial charge in [0, 0.05) is 30.1 Å². The van der Waals surface area contributed by atoms with E-state index in [4.69, 9.17) is 16.0 Å². The van der Waals surface area contributed by atoms with Gasteiger partial charge in [0.05, 0.1) is 5.92 Å². The SMILES string of the molecule is O=C(CCC1CCCC1)Nc1nnc(C2CC(=O)N(c3ccc(Cl)cc3)C2)o1. The van der Waals surface area contributed by atoms with E-state index in [9.17, 15) is 9.59 Å². The van der Waals surface area contributed by atoms with E-state index in [0.29, 0.717) is 36.2 Å². The van der Waals surface area contributed by atoms with Gasteiger partial charge in [-0.25, -0.2) is 0 Å². The number of hydrogen-bond donors (Lipinski definition) is 1. The van der Waals surface area contributed by atoms with Crippen molar-refractivity contribution in [1.29, 1.82) is 0 Å². The zero-order valence-corrected chi connectivity index (χ0v) is 16.3. The molecule has 0 spiro atoms. The molecule has 1 N–H and O–H groups in total. The normalized spacial score (nSPS) is 20.1. The van der Waals surface area contributed by atoms with Crippen molar-refractivity contribution in [3.8, 4) is 0 Å². The highest BCUT2D eigenvalue weighted by Crippen LogP contribution is 2.32. The Morgan fingerprint density at radius 2 is 1.96 bits per heavy atom. The van der Waals surface area contributed by atoms with Crippen molar-refractivity contribution in [2.45, 2.75) is 50.9 Å². The molecule has 2 aromatic rings. The third-order valence-electron chi connectivity index (χ3n) is 5.55. The molecule has 2 heterocycles. The summed E-state index contributed by atoms with van der Waals surface area (Å²) >= 11 is 5.91. The summed E-state index contributed by atoms with van der Waals surface area (Å²) in [6, 6.07) is 7.23. The van der Waals surface area contributed by atoms with E-state index in [0.717, 1.165) is 12.1 Å². The predicted molar refractivity (Wildman–Crippen MR) is 105 cm³/mol. The summed E-state index contributed by atoms with van der Waals surface area (Å²) in [6.45, 7) is 0.456. The third-order valence-corrected chi connectivity index (χ3v) is 5.81. The molecule has 0 bridgehead atoms. The number of amides is 2. The second-order valence-electron chi connectivity index (χ2n) is 7.56. The smallest absolute Gasteiger partial charge is 0.322 e. The van der Waals surface area contributed by atoms with Crippen LogP contribution in [0.4, 0.5) is 11.7 Å². The summed E-state index contributed by atoms with van der Waals surface area (Å²) in [5, 5.41) is 11.3. The van der Waals surface area contributed by atoms with Crippen LogP contribution in [0.1, 0.15) is 56.8 Å². The Kier molecular flexibility index (Phi) is 5.62. The number of nitrogens with one attached hydrogen (secondary N) is 1. The van der Waals surface area contributed by atoms with Crippen LogP contribution in [-0.2, 0) is 9.59 Å². The van der Waals surface area contributed by atoms with E-state index in [1.165, 1.54) is 25.7 Å². The number of halogens is 1. The molecule has 28 heavy (non-hydrogen) atoms. The molecule has 1 aliphatic heterocycles. The van der Waals surface area contributed by atoms with Crippen LogP contribution in [0.25, 0.3) is 0 Å². The second-order valence-corrected chi connectivity index (χ2v) is 8.00. The van der Waals surface area contributed by atoms with Crippen LogP contribution >= 0.6 is 11.6 Å². The number of benzene rings is 1. The van der Waals surface area contributed by atoms with Crippen LogP contribution in [0, 0.1) is 5.92 Å². The van der Waals surface area contributed by atoms with Crippen molar-refractivity contribution < 1.29 is 14.0 Å². The Morgan fingerprint density at radius 3 is 2.71 bits per heavy atom. The van der Waals surface area contributed by atoms with Gasteiger partial charge in [-0.15, -0.1) is 5.10 Å². The van der Waals surface area contributed by atoms with Gasteiger partial charge in [0.25, 0.3) is 0 Å². The third kappa shape index (κ3) is 4.35. The Hall–Kier alpha value is -2.41. The number of carbonyl (C=O) groups is 2. The van der Waals surface area contributed by atoms with Crippen LogP contribution in [0.15, 0.2) is 28.7 Å². The van der Waals surface area contributed by atoms with Crippen molar-refractivity contribution in [1.82, 2.24) is 10.2 Å². The highest BCUT2D eigenvalue weighted by atomic mass is 35.5. The summed E-state index contributed by atoms with van der Waals surface area (Å²) in [7, 11) is 0. The van der Waals surface area contributed by atoms with Crippen molar-refractivity contribution in [3.63, 3.8) is 0 Å². The quantitative estimate of drug-likeness (QED) is 0.783. The first-order valence-corrected chi connectivity index (χ1v) is 10.2. The Bertz CT molecular complexity index is 845. The molecule has 1 aromatic carbocycles. The first-order chi connectivity index (χ1) is 13.6. The standard InChI is InChI=1S/C20H23ClN4O3/c21-15-6-8-16(9-7-15)25-12-14(11-18(25)27)19-23-24-20(28-19)22-17(26)10-5-13-3-1-2-4-13/h6-9,13-14H,1-5,10-12H2,(H,22,24,26). The van der Waals surface area contributed by atoms with Crippen LogP contribution in [-0.4, -0.2) is 28.6 Å². The monoisotopic (exact) mass is 402 g/mol. The van der Waals surface area contributed by atoms with Gasteiger partial charge in [-0.05, 0) is 36.6 Å². The lowest BCUT2D eigenvalue weighted by Crippen LogP contribution is -2.24. The fourth-order valence-electron chi connectivity index (χ4n) is 4.01. The van der Waals surface area contributed by atoms with E-state index in [1.54, 1.807) is 17.0 Å². The maximum absolute atomic E-state index is 12.4. The molecule has 148 valence electrons. The minimum absolute atomic E-state index is 0.00679. The van der Waals surface area contributed by atoms with E-state index < -0.39 is 0 Å². The van der Waals surface area contributed by atoms with Gasteiger partial charge in [-0.3, -0.25) is 14.9 Å². The molecule has 1 unspecified atom stereocenters. The van der Waals surface area contributed by atoms with Gasteiger partial charge in [-0.2, -0.15) is 0 Å². The average molecular weight is 403 g/mol. The summed E-state index contributed by atoms with van der Waals surface area (Å²) in [5.41, 5.74) is 0.789.